The van der Waals surface area contributed by atoms with Crippen molar-refractivity contribution < 1.29 is 9.59 Å². The molecule has 15 heavy (non-hydrogen) atoms. The maximum absolute atomic E-state index is 11.6. The van der Waals surface area contributed by atoms with Gasteiger partial charge in [-0.2, -0.15) is 5.10 Å². The predicted molar refractivity (Wildman–Crippen MR) is 53.3 cm³/mol. The Morgan fingerprint density at radius 3 is 2.80 bits per heavy atom. The van der Waals surface area contributed by atoms with Gasteiger partial charge < -0.3 is 5.32 Å². The van der Waals surface area contributed by atoms with E-state index in [1.807, 2.05) is 6.92 Å². The van der Waals surface area contributed by atoms with Crippen LogP contribution in [0.3, 0.4) is 0 Å². The number of hydrogen-bond acceptors (Lipinski definition) is 3. The molecule has 0 aliphatic carbocycles. The SMILES string of the molecule is Cc1nn(C)cc1N1CC(=O)NCC1=O. The van der Waals surface area contributed by atoms with Crippen LogP contribution in [0.4, 0.5) is 5.69 Å². The van der Waals surface area contributed by atoms with Gasteiger partial charge in [0, 0.05) is 13.2 Å². The van der Waals surface area contributed by atoms with Crippen molar-refractivity contribution in [2.75, 3.05) is 18.0 Å². The average molecular weight is 208 g/mol. The number of anilines is 1. The molecule has 1 saturated heterocycles. The van der Waals surface area contributed by atoms with Crippen molar-refractivity contribution in [3.8, 4) is 0 Å². The average Bonchev–Trinajstić information content (AvgIpc) is 2.50. The Kier molecular flexibility index (Phi) is 2.18. The summed E-state index contributed by atoms with van der Waals surface area (Å²) in [5.41, 5.74) is 1.46. The molecule has 1 fully saturated rings. The van der Waals surface area contributed by atoms with E-state index < -0.39 is 0 Å². The van der Waals surface area contributed by atoms with Crippen molar-refractivity contribution in [1.82, 2.24) is 15.1 Å². The second kappa shape index (κ2) is 3.38. The van der Waals surface area contributed by atoms with E-state index >= 15 is 0 Å². The van der Waals surface area contributed by atoms with E-state index in [1.165, 1.54) is 4.90 Å². The number of aromatic nitrogens is 2. The van der Waals surface area contributed by atoms with E-state index in [0.717, 1.165) is 5.69 Å². The number of carbonyl (C=O) groups excluding carboxylic acids is 2. The zero-order valence-electron chi connectivity index (χ0n) is 8.65. The molecule has 6 heteroatoms. The molecule has 1 aromatic heterocycles. The lowest BCUT2D eigenvalue weighted by Crippen LogP contribution is -2.51. The Hall–Kier alpha value is -1.85. The fraction of sp³-hybridized carbons (Fsp3) is 0.444. The van der Waals surface area contributed by atoms with E-state index in [-0.39, 0.29) is 24.9 Å². The van der Waals surface area contributed by atoms with Gasteiger partial charge in [0.25, 0.3) is 0 Å². The van der Waals surface area contributed by atoms with Crippen molar-refractivity contribution in [3.05, 3.63) is 11.9 Å². The van der Waals surface area contributed by atoms with Crippen LogP contribution in [-0.2, 0) is 16.6 Å². The van der Waals surface area contributed by atoms with Crippen molar-refractivity contribution in [2.24, 2.45) is 7.05 Å². The first-order chi connectivity index (χ1) is 7.08. The van der Waals surface area contributed by atoms with Gasteiger partial charge in [-0.1, -0.05) is 0 Å². The molecule has 2 heterocycles. The van der Waals surface area contributed by atoms with Crippen LogP contribution in [0.2, 0.25) is 0 Å². The summed E-state index contributed by atoms with van der Waals surface area (Å²) in [4.78, 5) is 24.2. The molecule has 1 aliphatic rings. The molecule has 0 aromatic carbocycles. The molecule has 0 bridgehead atoms. The summed E-state index contributed by atoms with van der Waals surface area (Å²) in [6, 6.07) is 0. The molecule has 0 saturated carbocycles. The number of aryl methyl sites for hydroxylation is 2. The molecule has 80 valence electrons. The lowest BCUT2D eigenvalue weighted by Gasteiger charge is -2.25. The minimum Gasteiger partial charge on any atom is -0.345 e. The molecule has 2 rings (SSSR count). The Balaban J connectivity index is 2.32. The van der Waals surface area contributed by atoms with Crippen LogP contribution in [0.1, 0.15) is 5.69 Å². The van der Waals surface area contributed by atoms with E-state index in [9.17, 15) is 9.59 Å². The van der Waals surface area contributed by atoms with Gasteiger partial charge in [-0.15, -0.1) is 0 Å². The van der Waals surface area contributed by atoms with Crippen LogP contribution < -0.4 is 10.2 Å². The number of amides is 2. The molecular formula is C9H12N4O2. The first-order valence-electron chi connectivity index (χ1n) is 4.65. The van der Waals surface area contributed by atoms with Gasteiger partial charge in [-0.3, -0.25) is 19.2 Å². The number of piperazine rings is 1. The van der Waals surface area contributed by atoms with Gasteiger partial charge in [-0.05, 0) is 6.92 Å². The fourth-order valence-corrected chi connectivity index (χ4v) is 1.63. The highest BCUT2D eigenvalue weighted by atomic mass is 16.2. The van der Waals surface area contributed by atoms with Gasteiger partial charge in [0.2, 0.25) is 11.8 Å². The topological polar surface area (TPSA) is 67.2 Å². The molecule has 0 atom stereocenters. The number of carbonyl (C=O) groups is 2. The summed E-state index contributed by atoms with van der Waals surface area (Å²) in [5, 5.41) is 6.64. The van der Waals surface area contributed by atoms with Crippen molar-refractivity contribution >= 4 is 17.5 Å². The van der Waals surface area contributed by atoms with E-state index in [4.69, 9.17) is 0 Å². The fourth-order valence-electron chi connectivity index (χ4n) is 1.63. The molecular weight excluding hydrogens is 196 g/mol. The quantitative estimate of drug-likeness (QED) is 0.656. The standard InChI is InChI=1S/C9H12N4O2/c1-6-7(4-12(2)11-6)13-5-8(14)10-3-9(13)15/h4H,3,5H2,1-2H3,(H,10,14). The molecule has 6 nitrogen and oxygen atoms in total. The number of nitrogens with zero attached hydrogens (tertiary/aromatic N) is 3. The first-order valence-corrected chi connectivity index (χ1v) is 4.65. The Morgan fingerprint density at radius 1 is 1.47 bits per heavy atom. The van der Waals surface area contributed by atoms with Gasteiger partial charge in [0.15, 0.2) is 0 Å². The molecule has 1 aliphatic heterocycles. The minimum absolute atomic E-state index is 0.0627. The molecule has 2 amide bonds. The largest absolute Gasteiger partial charge is 0.345 e. The molecule has 1 aromatic rings. The number of hydrogen-bond donors (Lipinski definition) is 1. The normalized spacial score (nSPS) is 16.8. The van der Waals surface area contributed by atoms with Crippen LogP contribution in [0.25, 0.3) is 0 Å². The highest BCUT2D eigenvalue weighted by Gasteiger charge is 2.26. The summed E-state index contributed by atoms with van der Waals surface area (Å²) in [6.45, 7) is 1.95. The van der Waals surface area contributed by atoms with Crippen LogP contribution in [0.15, 0.2) is 6.20 Å². The van der Waals surface area contributed by atoms with Gasteiger partial charge in [-0.25, -0.2) is 0 Å². The molecule has 0 spiro atoms. The minimum atomic E-state index is -0.141. The Labute approximate surface area is 86.9 Å². The van der Waals surface area contributed by atoms with Gasteiger partial charge in [0.1, 0.15) is 6.54 Å². The van der Waals surface area contributed by atoms with Crippen LogP contribution >= 0.6 is 0 Å². The third kappa shape index (κ3) is 1.70. The molecule has 0 radical (unpaired) electrons. The van der Waals surface area contributed by atoms with E-state index in [2.05, 4.69) is 10.4 Å². The lowest BCUT2D eigenvalue weighted by atomic mass is 10.3. The third-order valence-corrected chi connectivity index (χ3v) is 2.32. The second-order valence-corrected chi connectivity index (χ2v) is 3.53. The Bertz CT molecular complexity index is 424. The smallest absolute Gasteiger partial charge is 0.246 e. The van der Waals surface area contributed by atoms with E-state index in [1.54, 1.807) is 17.9 Å². The summed E-state index contributed by atoms with van der Waals surface area (Å²) in [7, 11) is 1.78. The highest BCUT2D eigenvalue weighted by Crippen LogP contribution is 2.18. The summed E-state index contributed by atoms with van der Waals surface area (Å²) in [6.07, 6.45) is 1.74. The Morgan fingerprint density at radius 2 is 2.20 bits per heavy atom. The zero-order valence-corrected chi connectivity index (χ0v) is 8.65. The van der Waals surface area contributed by atoms with Gasteiger partial charge >= 0.3 is 0 Å². The maximum Gasteiger partial charge on any atom is 0.246 e. The monoisotopic (exact) mass is 208 g/mol. The molecule has 0 unspecified atom stereocenters. The van der Waals surface area contributed by atoms with Crippen LogP contribution in [0, 0.1) is 6.92 Å². The summed E-state index contributed by atoms with van der Waals surface area (Å²) < 4.78 is 1.63. The second-order valence-electron chi connectivity index (χ2n) is 3.53. The third-order valence-electron chi connectivity index (χ3n) is 2.32. The first kappa shape index (κ1) is 9.70. The number of nitrogens with one attached hydrogen (secondary N) is 1. The summed E-state index contributed by atoms with van der Waals surface area (Å²) in [5.74, 6) is -0.247. The highest BCUT2D eigenvalue weighted by molar-refractivity contribution is 6.04. The van der Waals surface area contributed by atoms with E-state index in [0.29, 0.717) is 5.69 Å². The maximum atomic E-state index is 11.6. The van der Waals surface area contributed by atoms with Crippen LogP contribution in [-0.4, -0.2) is 34.7 Å². The predicted octanol–water partition coefficient (Wildman–Crippen LogP) is -0.809. The van der Waals surface area contributed by atoms with Crippen molar-refractivity contribution in [3.63, 3.8) is 0 Å². The zero-order chi connectivity index (χ0) is 11.0. The number of rotatable bonds is 1. The van der Waals surface area contributed by atoms with Crippen molar-refractivity contribution in [1.29, 1.82) is 0 Å². The van der Waals surface area contributed by atoms with Crippen LogP contribution in [0.5, 0.6) is 0 Å². The lowest BCUT2D eigenvalue weighted by molar-refractivity contribution is -0.128. The molecule has 1 N–H and O–H groups in total. The van der Waals surface area contributed by atoms with Gasteiger partial charge in [0.05, 0.1) is 17.9 Å². The summed E-state index contributed by atoms with van der Waals surface area (Å²) >= 11 is 0. The van der Waals surface area contributed by atoms with Crippen molar-refractivity contribution in [2.45, 2.75) is 6.92 Å².